The number of amides is 1. The molecule has 0 heterocycles. The van der Waals surface area contributed by atoms with Gasteiger partial charge in [-0.25, -0.2) is 0 Å². The van der Waals surface area contributed by atoms with Crippen LogP contribution in [0.15, 0.2) is 18.2 Å². The average Bonchev–Trinajstić information content (AvgIpc) is 2.42. The van der Waals surface area contributed by atoms with Gasteiger partial charge in [-0.3, -0.25) is 4.79 Å². The predicted molar refractivity (Wildman–Crippen MR) is 88.7 cm³/mol. The van der Waals surface area contributed by atoms with E-state index in [-0.39, 0.29) is 16.1 Å². The maximum absolute atomic E-state index is 12.2. The molecule has 5 heteroatoms. The zero-order chi connectivity index (χ0) is 16.0. The van der Waals surface area contributed by atoms with Gasteiger partial charge in [0.05, 0.1) is 19.8 Å². The van der Waals surface area contributed by atoms with E-state index in [0.717, 1.165) is 6.42 Å². The van der Waals surface area contributed by atoms with Gasteiger partial charge in [0.1, 0.15) is 11.5 Å². The molecule has 118 valence electrons. The van der Waals surface area contributed by atoms with Crippen LogP contribution in [0.4, 0.5) is 0 Å². The highest BCUT2D eigenvalue weighted by Gasteiger charge is 2.18. The molecule has 4 nitrogen and oxygen atoms in total. The van der Waals surface area contributed by atoms with Gasteiger partial charge in [-0.2, -0.15) is 0 Å². The van der Waals surface area contributed by atoms with Crippen molar-refractivity contribution in [1.82, 2.24) is 5.32 Å². The van der Waals surface area contributed by atoms with Crippen molar-refractivity contribution in [3.63, 3.8) is 0 Å². The first kappa shape index (κ1) is 17.8. The van der Waals surface area contributed by atoms with Gasteiger partial charge >= 0.3 is 0 Å². The molecule has 0 aliphatic heterocycles. The molecule has 0 saturated heterocycles. The maximum Gasteiger partial charge on any atom is 0.255 e. The fourth-order valence-corrected chi connectivity index (χ4v) is 3.15. The Bertz CT molecular complexity index is 483. The Labute approximate surface area is 135 Å². The number of rotatable bonds is 6. The molecule has 1 aromatic rings. The van der Waals surface area contributed by atoms with Crippen molar-refractivity contribution in [3.05, 3.63) is 23.8 Å². The minimum atomic E-state index is -0.145. The Morgan fingerprint density at radius 3 is 2.48 bits per heavy atom. The number of nitrogens with one attached hydrogen (secondary N) is 1. The van der Waals surface area contributed by atoms with E-state index in [1.165, 1.54) is 0 Å². The summed E-state index contributed by atoms with van der Waals surface area (Å²) in [4.78, 5) is 12.5. The van der Waals surface area contributed by atoms with Crippen molar-refractivity contribution >= 4 is 21.8 Å². The Hall–Kier alpha value is -1.23. The number of hydrogen-bond donors (Lipinski definition) is 1. The van der Waals surface area contributed by atoms with Crippen LogP contribution in [0.3, 0.4) is 0 Å². The molecule has 0 aliphatic rings. The van der Waals surface area contributed by atoms with E-state index >= 15 is 0 Å². The lowest BCUT2D eigenvalue weighted by molar-refractivity contribution is 0.0949. The third-order valence-corrected chi connectivity index (χ3v) is 3.62. The smallest absolute Gasteiger partial charge is 0.255 e. The predicted octanol–water partition coefficient (Wildman–Crippen LogP) is 3.63. The van der Waals surface area contributed by atoms with Gasteiger partial charge in [0.25, 0.3) is 5.91 Å². The van der Waals surface area contributed by atoms with Gasteiger partial charge in [0.2, 0.25) is 0 Å². The number of carbonyl (C=O) groups is 1. The molecule has 1 rings (SSSR count). The Morgan fingerprint density at radius 2 is 1.95 bits per heavy atom. The van der Waals surface area contributed by atoms with Crippen LogP contribution in [0.2, 0.25) is 0 Å². The van der Waals surface area contributed by atoms with Gasteiger partial charge in [-0.1, -0.05) is 36.7 Å². The summed E-state index contributed by atoms with van der Waals surface area (Å²) in [6.45, 7) is 7.10. The monoisotopic (exact) mass is 357 g/mol. The van der Waals surface area contributed by atoms with Gasteiger partial charge < -0.3 is 14.8 Å². The SMILES string of the molecule is COc1ccc(C(=O)NCC(Br)CC(C)(C)C)c(OC)c1. The van der Waals surface area contributed by atoms with Gasteiger partial charge in [-0.15, -0.1) is 0 Å². The summed E-state index contributed by atoms with van der Waals surface area (Å²) in [5, 5.41) is 2.93. The Balaban J connectivity index is 2.68. The van der Waals surface area contributed by atoms with Crippen LogP contribution < -0.4 is 14.8 Å². The quantitative estimate of drug-likeness (QED) is 0.790. The second kappa shape index (κ2) is 7.69. The van der Waals surface area contributed by atoms with Crippen molar-refractivity contribution in [2.24, 2.45) is 5.41 Å². The largest absolute Gasteiger partial charge is 0.497 e. The number of alkyl halides is 1. The number of hydrogen-bond acceptors (Lipinski definition) is 3. The summed E-state index contributed by atoms with van der Waals surface area (Å²) in [6.07, 6.45) is 0.979. The number of halogens is 1. The highest BCUT2D eigenvalue weighted by atomic mass is 79.9. The summed E-state index contributed by atoms with van der Waals surface area (Å²) in [7, 11) is 3.12. The highest BCUT2D eigenvalue weighted by Crippen LogP contribution is 2.26. The van der Waals surface area contributed by atoms with E-state index in [2.05, 4.69) is 42.0 Å². The second-order valence-electron chi connectivity index (χ2n) is 6.14. The third-order valence-electron chi connectivity index (χ3n) is 2.97. The fourth-order valence-electron chi connectivity index (χ4n) is 2.02. The topological polar surface area (TPSA) is 47.6 Å². The first-order valence-electron chi connectivity index (χ1n) is 6.91. The molecule has 1 atom stereocenters. The molecule has 0 fully saturated rings. The van der Waals surface area contributed by atoms with Crippen LogP contribution >= 0.6 is 15.9 Å². The molecule has 1 aromatic carbocycles. The van der Waals surface area contributed by atoms with E-state index in [9.17, 15) is 4.79 Å². The zero-order valence-corrected chi connectivity index (χ0v) is 14.9. The van der Waals surface area contributed by atoms with E-state index in [1.807, 2.05) is 0 Å². The third kappa shape index (κ3) is 5.96. The highest BCUT2D eigenvalue weighted by molar-refractivity contribution is 9.09. The van der Waals surface area contributed by atoms with Gasteiger partial charge in [0.15, 0.2) is 0 Å². The van der Waals surface area contributed by atoms with E-state index in [0.29, 0.717) is 23.6 Å². The molecule has 0 saturated carbocycles. The number of benzene rings is 1. The summed E-state index contributed by atoms with van der Waals surface area (Å²) >= 11 is 3.61. The molecule has 1 amide bonds. The van der Waals surface area contributed by atoms with Crippen molar-refractivity contribution in [2.75, 3.05) is 20.8 Å². The van der Waals surface area contributed by atoms with Crippen LogP contribution in [0.5, 0.6) is 11.5 Å². The molecule has 1 unspecified atom stereocenters. The van der Waals surface area contributed by atoms with Gasteiger partial charge in [-0.05, 0) is 24.0 Å². The molecule has 0 bridgehead atoms. The average molecular weight is 358 g/mol. The maximum atomic E-state index is 12.2. The summed E-state index contributed by atoms with van der Waals surface area (Å²) in [5.74, 6) is 1.02. The van der Waals surface area contributed by atoms with Crippen molar-refractivity contribution in [1.29, 1.82) is 0 Å². The second-order valence-corrected chi connectivity index (χ2v) is 7.43. The van der Waals surface area contributed by atoms with Crippen LogP contribution in [0.25, 0.3) is 0 Å². The van der Waals surface area contributed by atoms with Crippen LogP contribution in [0, 0.1) is 5.41 Å². The minimum Gasteiger partial charge on any atom is -0.497 e. The van der Waals surface area contributed by atoms with Crippen LogP contribution in [-0.4, -0.2) is 31.5 Å². The zero-order valence-electron chi connectivity index (χ0n) is 13.3. The molecular weight excluding hydrogens is 334 g/mol. The molecule has 0 spiro atoms. The van der Waals surface area contributed by atoms with Crippen molar-refractivity contribution < 1.29 is 14.3 Å². The lowest BCUT2D eigenvalue weighted by atomic mass is 9.90. The van der Waals surface area contributed by atoms with Crippen LogP contribution in [0.1, 0.15) is 37.6 Å². The first-order chi connectivity index (χ1) is 9.76. The van der Waals surface area contributed by atoms with E-state index in [4.69, 9.17) is 9.47 Å². The number of ether oxygens (including phenoxy) is 2. The number of carbonyl (C=O) groups excluding carboxylic acids is 1. The summed E-state index contributed by atoms with van der Waals surface area (Å²) < 4.78 is 10.4. The molecule has 1 N–H and O–H groups in total. The molecule has 21 heavy (non-hydrogen) atoms. The fraction of sp³-hybridized carbons (Fsp3) is 0.562. The number of methoxy groups -OCH3 is 2. The van der Waals surface area contributed by atoms with Crippen LogP contribution in [-0.2, 0) is 0 Å². The summed E-state index contributed by atoms with van der Waals surface area (Å²) in [6, 6.07) is 5.16. The Kier molecular flexibility index (Phi) is 6.52. The van der Waals surface area contributed by atoms with E-state index in [1.54, 1.807) is 32.4 Å². The lowest BCUT2D eigenvalue weighted by Gasteiger charge is -2.22. The minimum absolute atomic E-state index is 0.145. The van der Waals surface area contributed by atoms with E-state index < -0.39 is 0 Å². The molecular formula is C16H24BrNO3. The molecule has 0 aliphatic carbocycles. The molecule has 0 radical (unpaired) electrons. The van der Waals surface area contributed by atoms with Crippen molar-refractivity contribution in [2.45, 2.75) is 32.0 Å². The lowest BCUT2D eigenvalue weighted by Crippen LogP contribution is -2.31. The Morgan fingerprint density at radius 1 is 1.29 bits per heavy atom. The standard InChI is InChI=1S/C16H24BrNO3/c1-16(2,3)9-11(17)10-18-15(19)13-7-6-12(20-4)8-14(13)21-5/h6-8,11H,9-10H2,1-5H3,(H,18,19). The normalized spacial score (nSPS) is 12.7. The summed E-state index contributed by atoms with van der Waals surface area (Å²) in [5.41, 5.74) is 0.727. The first-order valence-corrected chi connectivity index (χ1v) is 7.82. The van der Waals surface area contributed by atoms with Gasteiger partial charge in [0, 0.05) is 17.4 Å². The van der Waals surface area contributed by atoms with Crippen molar-refractivity contribution in [3.8, 4) is 11.5 Å². The molecule has 0 aromatic heterocycles.